The summed E-state index contributed by atoms with van der Waals surface area (Å²) in [6.07, 6.45) is 2.64. The average molecular weight is 382 g/mol. The molecule has 1 aliphatic heterocycles. The van der Waals surface area contributed by atoms with Gasteiger partial charge in [-0.05, 0) is 18.9 Å². The predicted molar refractivity (Wildman–Crippen MR) is 104 cm³/mol. The predicted octanol–water partition coefficient (Wildman–Crippen LogP) is 3.03. The second-order valence-corrected chi connectivity index (χ2v) is 8.96. The van der Waals surface area contributed by atoms with Crippen LogP contribution in [0.1, 0.15) is 23.6 Å². The van der Waals surface area contributed by atoms with E-state index in [1.807, 2.05) is 67.7 Å². The zero-order chi connectivity index (χ0) is 18.9. The Morgan fingerprint density at radius 3 is 2.70 bits per heavy atom. The van der Waals surface area contributed by atoms with Crippen LogP contribution in [0.15, 0.2) is 60.8 Å². The van der Waals surface area contributed by atoms with Crippen molar-refractivity contribution < 1.29 is 8.42 Å². The van der Waals surface area contributed by atoms with Crippen LogP contribution in [-0.4, -0.2) is 40.8 Å². The van der Waals surface area contributed by atoms with E-state index in [0.29, 0.717) is 13.1 Å². The van der Waals surface area contributed by atoms with Gasteiger partial charge in [-0.25, -0.2) is 13.1 Å². The first-order valence-electron chi connectivity index (χ1n) is 9.02. The Kier molecular flexibility index (Phi) is 4.80. The van der Waals surface area contributed by atoms with Crippen LogP contribution in [0.2, 0.25) is 0 Å². The van der Waals surface area contributed by atoms with Crippen LogP contribution in [0.25, 0.3) is 11.3 Å². The first kappa shape index (κ1) is 17.9. The minimum Gasteiger partial charge on any atom is -0.247 e. The molecule has 0 N–H and O–H groups in total. The van der Waals surface area contributed by atoms with Gasteiger partial charge in [-0.1, -0.05) is 65.4 Å². The van der Waals surface area contributed by atoms with Crippen LogP contribution < -0.4 is 0 Å². The molecule has 1 saturated heterocycles. The van der Waals surface area contributed by atoms with E-state index < -0.39 is 10.0 Å². The van der Waals surface area contributed by atoms with Crippen molar-refractivity contribution in [2.24, 2.45) is 0 Å². The van der Waals surface area contributed by atoms with Crippen molar-refractivity contribution in [1.29, 1.82) is 0 Å². The van der Waals surface area contributed by atoms with Crippen molar-refractivity contribution >= 4 is 10.0 Å². The fraction of sp³-hybridized carbons (Fsp3) is 0.300. The molecule has 0 amide bonds. The quantitative estimate of drug-likeness (QED) is 0.680. The van der Waals surface area contributed by atoms with Gasteiger partial charge in [0, 0.05) is 18.7 Å². The second kappa shape index (κ2) is 7.25. The van der Waals surface area contributed by atoms with Gasteiger partial charge in [-0.3, -0.25) is 0 Å². The lowest BCUT2D eigenvalue weighted by Gasteiger charge is -2.16. The van der Waals surface area contributed by atoms with Gasteiger partial charge in [0.1, 0.15) is 5.69 Å². The minimum atomic E-state index is -3.34. The SMILES string of the molecule is Cc1cccc(CS(=O)(=O)N2CCC(n3cc(-c4ccccc4)nn3)C2)c1. The molecule has 3 aromatic rings. The molecule has 0 bridgehead atoms. The Morgan fingerprint density at radius 1 is 1.11 bits per heavy atom. The fourth-order valence-corrected chi connectivity index (χ4v) is 5.05. The molecule has 4 rings (SSSR count). The molecule has 27 heavy (non-hydrogen) atoms. The maximum absolute atomic E-state index is 12.8. The molecule has 1 fully saturated rings. The second-order valence-electron chi connectivity index (χ2n) is 7.00. The van der Waals surface area contributed by atoms with Crippen molar-refractivity contribution in [3.8, 4) is 11.3 Å². The molecule has 1 aliphatic rings. The number of rotatable bonds is 5. The molecule has 0 aliphatic carbocycles. The van der Waals surface area contributed by atoms with Crippen molar-refractivity contribution in [2.75, 3.05) is 13.1 Å². The number of aromatic nitrogens is 3. The Hall–Kier alpha value is -2.51. The van der Waals surface area contributed by atoms with Gasteiger partial charge in [0.25, 0.3) is 0 Å². The van der Waals surface area contributed by atoms with E-state index in [9.17, 15) is 8.42 Å². The lowest BCUT2D eigenvalue weighted by atomic mass is 10.2. The van der Waals surface area contributed by atoms with Crippen LogP contribution in [0.5, 0.6) is 0 Å². The summed E-state index contributed by atoms with van der Waals surface area (Å²) in [6.45, 7) is 2.92. The molecule has 0 saturated carbocycles. The van der Waals surface area contributed by atoms with Gasteiger partial charge in [-0.2, -0.15) is 4.31 Å². The van der Waals surface area contributed by atoms with E-state index in [1.54, 1.807) is 8.99 Å². The van der Waals surface area contributed by atoms with Gasteiger partial charge in [-0.15, -0.1) is 5.10 Å². The van der Waals surface area contributed by atoms with E-state index in [4.69, 9.17) is 0 Å². The third-order valence-electron chi connectivity index (χ3n) is 4.91. The Bertz CT molecular complexity index is 1030. The molecule has 0 radical (unpaired) electrons. The zero-order valence-corrected chi connectivity index (χ0v) is 16.0. The van der Waals surface area contributed by atoms with Crippen molar-refractivity contribution in [2.45, 2.75) is 25.1 Å². The summed E-state index contributed by atoms with van der Waals surface area (Å²) < 4.78 is 29.0. The number of aryl methyl sites for hydroxylation is 1. The molecular weight excluding hydrogens is 360 g/mol. The van der Waals surface area contributed by atoms with Crippen molar-refractivity contribution in [3.05, 3.63) is 71.9 Å². The highest BCUT2D eigenvalue weighted by Crippen LogP contribution is 2.26. The van der Waals surface area contributed by atoms with Crippen LogP contribution in [-0.2, 0) is 15.8 Å². The maximum Gasteiger partial charge on any atom is 0.218 e. The van der Waals surface area contributed by atoms with Gasteiger partial charge >= 0.3 is 0 Å². The largest absolute Gasteiger partial charge is 0.247 e. The summed E-state index contributed by atoms with van der Waals surface area (Å²) in [5.74, 6) is 0.0357. The standard InChI is InChI=1S/C20H22N4O2S/c1-16-6-5-7-17(12-16)15-27(25,26)23-11-10-19(13-23)24-14-20(21-22-24)18-8-3-2-4-9-18/h2-9,12,14,19H,10-11,13,15H2,1H3. The van der Waals surface area contributed by atoms with Crippen LogP contribution >= 0.6 is 0 Å². The zero-order valence-electron chi connectivity index (χ0n) is 15.2. The van der Waals surface area contributed by atoms with Gasteiger partial charge in [0.2, 0.25) is 10.0 Å². The molecule has 2 aromatic carbocycles. The third-order valence-corrected chi connectivity index (χ3v) is 6.72. The summed E-state index contributed by atoms with van der Waals surface area (Å²) in [5.41, 5.74) is 3.70. The Balaban J connectivity index is 1.46. The van der Waals surface area contributed by atoms with Crippen LogP contribution in [0, 0.1) is 6.92 Å². The highest BCUT2D eigenvalue weighted by molar-refractivity contribution is 7.88. The Labute approximate surface area is 159 Å². The summed E-state index contributed by atoms with van der Waals surface area (Å²) in [5, 5.41) is 8.47. The van der Waals surface area contributed by atoms with Crippen LogP contribution in [0.3, 0.4) is 0 Å². The molecule has 0 spiro atoms. The normalized spacial score (nSPS) is 18.0. The fourth-order valence-electron chi connectivity index (χ4n) is 3.48. The third kappa shape index (κ3) is 3.94. The number of nitrogens with zero attached hydrogens (tertiary/aromatic N) is 4. The Morgan fingerprint density at radius 2 is 1.93 bits per heavy atom. The summed E-state index contributed by atoms with van der Waals surface area (Å²) in [6, 6.07) is 17.5. The number of sulfonamides is 1. The monoisotopic (exact) mass is 382 g/mol. The molecule has 2 heterocycles. The van der Waals surface area contributed by atoms with E-state index in [-0.39, 0.29) is 11.8 Å². The van der Waals surface area contributed by atoms with E-state index in [1.165, 1.54) is 0 Å². The minimum absolute atomic E-state index is 0.0160. The summed E-state index contributed by atoms with van der Waals surface area (Å²) in [4.78, 5) is 0. The molecule has 140 valence electrons. The average Bonchev–Trinajstić information content (AvgIpc) is 3.32. The lowest BCUT2D eigenvalue weighted by Crippen LogP contribution is -2.30. The van der Waals surface area contributed by atoms with Crippen molar-refractivity contribution in [1.82, 2.24) is 19.3 Å². The molecule has 1 unspecified atom stereocenters. The maximum atomic E-state index is 12.8. The summed E-state index contributed by atoms with van der Waals surface area (Å²) in [7, 11) is -3.34. The number of hydrogen-bond acceptors (Lipinski definition) is 4. The topological polar surface area (TPSA) is 68.1 Å². The molecule has 7 heteroatoms. The van der Waals surface area contributed by atoms with E-state index in [0.717, 1.165) is 28.8 Å². The highest BCUT2D eigenvalue weighted by atomic mass is 32.2. The smallest absolute Gasteiger partial charge is 0.218 e. The van der Waals surface area contributed by atoms with Crippen LogP contribution in [0.4, 0.5) is 0 Å². The first-order valence-corrected chi connectivity index (χ1v) is 10.6. The molecule has 1 atom stereocenters. The molecular formula is C20H22N4O2S. The first-order chi connectivity index (χ1) is 13.0. The molecule has 6 nitrogen and oxygen atoms in total. The summed E-state index contributed by atoms with van der Waals surface area (Å²) >= 11 is 0. The van der Waals surface area contributed by atoms with Crippen molar-refractivity contribution in [3.63, 3.8) is 0 Å². The van der Waals surface area contributed by atoms with Gasteiger partial charge in [0.05, 0.1) is 18.0 Å². The van der Waals surface area contributed by atoms with Gasteiger partial charge in [0.15, 0.2) is 0 Å². The number of hydrogen-bond donors (Lipinski definition) is 0. The van der Waals surface area contributed by atoms with E-state index in [2.05, 4.69) is 10.3 Å². The highest BCUT2D eigenvalue weighted by Gasteiger charge is 2.33. The molecule has 1 aromatic heterocycles. The van der Waals surface area contributed by atoms with Gasteiger partial charge < -0.3 is 0 Å². The lowest BCUT2D eigenvalue weighted by molar-refractivity contribution is 0.428. The number of benzene rings is 2. The van der Waals surface area contributed by atoms with E-state index >= 15 is 0 Å².